The normalized spacial score (nSPS) is 22.1. The summed E-state index contributed by atoms with van der Waals surface area (Å²) in [7, 11) is -0.457. The number of carbonyl (C=O) groups is 1. The molecule has 3 aliphatic rings. The molecule has 7 heteroatoms. The first kappa shape index (κ1) is 20.8. The fourth-order valence-electron chi connectivity index (χ4n) is 4.67. The van der Waals surface area contributed by atoms with Crippen LogP contribution in [0.3, 0.4) is 0 Å². The molecular weight excluding hydrogens is 450 g/mol. The van der Waals surface area contributed by atoms with Gasteiger partial charge in [-0.25, -0.2) is 9.78 Å². The average molecular weight is 477 g/mol. The molecule has 2 unspecified atom stereocenters. The topological polar surface area (TPSA) is 45.4 Å². The third-order valence-electron chi connectivity index (χ3n) is 6.78. The van der Waals surface area contributed by atoms with E-state index in [1.54, 1.807) is 11.3 Å². The summed E-state index contributed by atoms with van der Waals surface area (Å²) in [5, 5.41) is 2.01. The summed E-state index contributed by atoms with van der Waals surface area (Å²) in [5.41, 5.74) is 6.03. The Balaban J connectivity index is 1.43. The summed E-state index contributed by atoms with van der Waals surface area (Å²) in [6.07, 6.45) is 4.78. The van der Waals surface area contributed by atoms with Gasteiger partial charge in [-0.1, -0.05) is 30.9 Å². The van der Waals surface area contributed by atoms with Crippen molar-refractivity contribution >= 4 is 39.9 Å². The number of rotatable bonds is 6. The fraction of sp³-hybridized carbons (Fsp3) is 0.308. The van der Waals surface area contributed by atoms with Crippen LogP contribution in [0, 0.1) is 5.41 Å². The third-order valence-corrected chi connectivity index (χ3v) is 9.71. The number of amides is 1. The van der Waals surface area contributed by atoms with Crippen LogP contribution in [0.4, 0.5) is 5.69 Å². The van der Waals surface area contributed by atoms with Crippen molar-refractivity contribution in [2.24, 2.45) is 5.41 Å². The molecule has 1 amide bonds. The average Bonchev–Trinajstić information content (AvgIpc) is 3.19. The van der Waals surface area contributed by atoms with Crippen molar-refractivity contribution in [3.8, 4) is 5.75 Å². The highest BCUT2D eigenvalue weighted by molar-refractivity contribution is 7.86. The lowest BCUT2D eigenvalue weighted by molar-refractivity contribution is -0.427. The van der Waals surface area contributed by atoms with Crippen molar-refractivity contribution in [2.45, 2.75) is 43.7 Å². The van der Waals surface area contributed by atoms with Gasteiger partial charge in [0.05, 0.1) is 27.2 Å². The highest BCUT2D eigenvalue weighted by Gasteiger charge is 2.56. The molecule has 1 saturated carbocycles. The van der Waals surface area contributed by atoms with Crippen LogP contribution in [0.1, 0.15) is 36.6 Å². The SMILES string of the molecule is C=Cc1cc2c(cc1OCc1cscn1)N1C(C2)C[N+](C(=O)C2(C)CC2)=S1c1ccccc1. The van der Waals surface area contributed by atoms with Gasteiger partial charge in [0, 0.05) is 23.4 Å². The van der Waals surface area contributed by atoms with Gasteiger partial charge in [-0.05, 0) is 43.5 Å². The van der Waals surface area contributed by atoms with Crippen molar-refractivity contribution in [1.29, 1.82) is 0 Å². The summed E-state index contributed by atoms with van der Waals surface area (Å²) >= 11 is 1.57. The molecule has 5 nitrogen and oxygen atoms in total. The number of benzene rings is 2. The molecule has 0 saturated heterocycles. The number of hydrogen-bond acceptors (Lipinski definition) is 5. The largest absolute Gasteiger partial charge is 0.487 e. The van der Waals surface area contributed by atoms with E-state index in [4.69, 9.17) is 4.74 Å². The Morgan fingerprint density at radius 2 is 2.18 bits per heavy atom. The molecule has 33 heavy (non-hydrogen) atoms. The Bertz CT molecular complexity index is 1280. The molecule has 1 fully saturated rings. The van der Waals surface area contributed by atoms with Crippen LogP contribution in [0.5, 0.6) is 5.75 Å². The minimum absolute atomic E-state index is 0.183. The zero-order valence-corrected chi connectivity index (χ0v) is 20.2. The highest BCUT2D eigenvalue weighted by Crippen LogP contribution is 2.48. The molecule has 0 radical (unpaired) electrons. The van der Waals surface area contributed by atoms with Gasteiger partial charge >= 0.3 is 5.91 Å². The van der Waals surface area contributed by atoms with Crippen LogP contribution >= 0.6 is 11.3 Å². The molecular formula is C26H26N3O2S2+. The second kappa shape index (κ2) is 7.92. The van der Waals surface area contributed by atoms with E-state index >= 15 is 0 Å². The standard InChI is InChI=1S/C26H26N3O2S2/c1-3-18-11-19-12-21-14-28(25(30)26(2)9-10-26)33(22-7-5-4-6-8-22)29(21)23(19)13-24(18)31-15-20-16-32-17-27-20/h3-8,11,13,16-17,21H,1,9-10,12,14-15H2,2H3/q+1. The van der Waals surface area contributed by atoms with Gasteiger partial charge in [0.25, 0.3) is 0 Å². The van der Waals surface area contributed by atoms with Gasteiger partial charge in [-0.2, -0.15) is 0 Å². The van der Waals surface area contributed by atoms with E-state index in [1.165, 1.54) is 16.1 Å². The summed E-state index contributed by atoms with van der Waals surface area (Å²) in [5.74, 6) is 1.11. The molecule has 0 spiro atoms. The molecule has 2 aromatic carbocycles. The second-order valence-electron chi connectivity index (χ2n) is 9.18. The Hall–Kier alpha value is -2.77. The quantitative estimate of drug-likeness (QED) is 0.457. The van der Waals surface area contributed by atoms with E-state index in [0.29, 0.717) is 12.5 Å². The summed E-state index contributed by atoms with van der Waals surface area (Å²) in [6.45, 7) is 7.31. The molecule has 0 bridgehead atoms. The fourth-order valence-corrected chi connectivity index (χ4v) is 7.78. The first-order chi connectivity index (χ1) is 16.1. The minimum Gasteiger partial charge on any atom is -0.487 e. The molecule has 2 atom stereocenters. The number of anilines is 1. The number of aromatic nitrogens is 1. The van der Waals surface area contributed by atoms with Crippen LogP contribution < -0.4 is 9.04 Å². The second-order valence-corrected chi connectivity index (χ2v) is 11.7. The molecule has 0 N–H and O–H groups in total. The lowest BCUT2D eigenvalue weighted by Crippen LogP contribution is -2.30. The molecule has 1 aromatic heterocycles. The van der Waals surface area contributed by atoms with Crippen LogP contribution in [0.15, 0.2) is 64.8 Å². The van der Waals surface area contributed by atoms with Gasteiger partial charge in [0.2, 0.25) is 0 Å². The van der Waals surface area contributed by atoms with E-state index in [1.807, 2.05) is 23.0 Å². The first-order valence-corrected chi connectivity index (χ1v) is 13.4. The maximum atomic E-state index is 13.5. The number of hydrogen-bond donors (Lipinski definition) is 0. The number of thiazole rings is 1. The number of fused-ring (bicyclic) bond motifs is 3. The van der Waals surface area contributed by atoms with Gasteiger partial charge in [-0.15, -0.1) is 15.3 Å². The number of nitrogens with zero attached hydrogens (tertiary/aromatic N) is 3. The van der Waals surface area contributed by atoms with E-state index < -0.39 is 10.9 Å². The maximum absolute atomic E-state index is 13.5. The molecule has 168 valence electrons. The predicted molar refractivity (Wildman–Crippen MR) is 132 cm³/mol. The lowest BCUT2D eigenvalue weighted by atomic mass is 10.0. The highest BCUT2D eigenvalue weighted by atomic mass is 32.2. The van der Waals surface area contributed by atoms with Gasteiger partial charge in [0.1, 0.15) is 18.4 Å². The first-order valence-electron chi connectivity index (χ1n) is 11.3. The van der Waals surface area contributed by atoms with Crippen molar-refractivity contribution in [3.63, 3.8) is 0 Å². The third kappa shape index (κ3) is 3.54. The molecule has 3 heterocycles. The number of ether oxygens (including phenoxy) is 1. The minimum atomic E-state index is -0.457. The van der Waals surface area contributed by atoms with E-state index in [9.17, 15) is 4.79 Å². The van der Waals surface area contributed by atoms with E-state index in [-0.39, 0.29) is 11.5 Å². The van der Waals surface area contributed by atoms with Crippen LogP contribution in [0.2, 0.25) is 0 Å². The number of carbonyl (C=O) groups excluding carboxylic acids is 1. The Kier molecular flexibility index (Phi) is 4.99. The van der Waals surface area contributed by atoms with Crippen LogP contribution in [-0.4, -0.2) is 27.4 Å². The van der Waals surface area contributed by atoms with Crippen molar-refractivity contribution in [2.75, 3.05) is 10.8 Å². The predicted octanol–water partition coefficient (Wildman–Crippen LogP) is 5.23. The van der Waals surface area contributed by atoms with Gasteiger partial charge in [0.15, 0.2) is 17.4 Å². The summed E-state index contributed by atoms with van der Waals surface area (Å²) in [6, 6.07) is 15.1. The van der Waals surface area contributed by atoms with Crippen molar-refractivity contribution < 1.29 is 13.5 Å². The van der Waals surface area contributed by atoms with Gasteiger partial charge < -0.3 is 4.74 Å². The molecule has 3 aromatic rings. The maximum Gasteiger partial charge on any atom is 0.401 e. The smallest absolute Gasteiger partial charge is 0.401 e. The van der Waals surface area contributed by atoms with Crippen LogP contribution in [-0.2, 0) is 28.7 Å². The Labute approximate surface area is 200 Å². The van der Waals surface area contributed by atoms with E-state index in [2.05, 4.69) is 63.1 Å². The lowest BCUT2D eigenvalue weighted by Gasteiger charge is -2.19. The Morgan fingerprint density at radius 1 is 1.36 bits per heavy atom. The van der Waals surface area contributed by atoms with E-state index in [0.717, 1.165) is 42.8 Å². The zero-order valence-electron chi connectivity index (χ0n) is 18.6. The van der Waals surface area contributed by atoms with Crippen molar-refractivity contribution in [3.05, 3.63) is 76.8 Å². The van der Waals surface area contributed by atoms with Crippen molar-refractivity contribution in [1.82, 2.24) is 4.98 Å². The molecule has 6 rings (SSSR count). The molecule has 1 aliphatic carbocycles. The monoisotopic (exact) mass is 476 g/mol. The van der Waals surface area contributed by atoms with Crippen LogP contribution in [0.25, 0.3) is 6.08 Å². The summed E-state index contributed by atoms with van der Waals surface area (Å²) < 4.78 is 10.8. The van der Waals surface area contributed by atoms with Gasteiger partial charge in [-0.3, -0.25) is 4.31 Å². The summed E-state index contributed by atoms with van der Waals surface area (Å²) in [4.78, 5) is 19.0. The zero-order chi connectivity index (χ0) is 22.6. The molecule has 2 aliphatic heterocycles. The Morgan fingerprint density at radius 3 is 2.88 bits per heavy atom.